The van der Waals surface area contributed by atoms with Crippen molar-refractivity contribution >= 4 is 39.2 Å². The summed E-state index contributed by atoms with van der Waals surface area (Å²) >= 11 is 0. The molecule has 35 heavy (non-hydrogen) atoms. The van der Waals surface area contributed by atoms with Gasteiger partial charge in [-0.05, 0) is 52.4 Å². The maximum atomic E-state index is 13.1. The zero-order valence-corrected chi connectivity index (χ0v) is 20.3. The maximum Gasteiger partial charge on any atom is 0.270 e. The zero-order chi connectivity index (χ0) is 24.8. The molecule has 5 nitrogen and oxygen atoms in total. The third kappa shape index (κ3) is 6.12. The van der Waals surface area contributed by atoms with Crippen molar-refractivity contribution in [1.82, 2.24) is 4.90 Å². The first-order chi connectivity index (χ1) is 16.9. The van der Waals surface area contributed by atoms with Crippen LogP contribution in [0.4, 0.5) is 0 Å². The van der Waals surface area contributed by atoms with E-state index in [4.69, 9.17) is 5.73 Å². The SMILES string of the molecule is CC(N)=NC(=O)[C@@H](Cc1ccc2ccccc2c1)N(C)C(=O)CCCc1ccc2ccccc2c1. The molecule has 0 heterocycles. The Morgan fingerprint density at radius 2 is 1.37 bits per heavy atom. The molecule has 0 spiro atoms. The average Bonchev–Trinajstić information content (AvgIpc) is 2.86. The molecule has 0 unspecified atom stereocenters. The highest BCUT2D eigenvalue weighted by Crippen LogP contribution is 2.20. The molecule has 0 fully saturated rings. The molecular formula is C30H31N3O2. The molecule has 2 N–H and O–H groups in total. The third-order valence-corrected chi connectivity index (χ3v) is 6.35. The van der Waals surface area contributed by atoms with E-state index in [0.29, 0.717) is 19.3 Å². The highest BCUT2D eigenvalue weighted by atomic mass is 16.2. The van der Waals surface area contributed by atoms with Gasteiger partial charge in [-0.3, -0.25) is 9.59 Å². The predicted octanol–water partition coefficient (Wildman–Crippen LogP) is 5.29. The molecule has 4 rings (SSSR count). The van der Waals surface area contributed by atoms with Crippen molar-refractivity contribution in [3.8, 4) is 0 Å². The quantitative estimate of drug-likeness (QED) is 0.284. The number of nitrogens with zero attached hydrogens (tertiary/aromatic N) is 2. The van der Waals surface area contributed by atoms with E-state index in [1.165, 1.54) is 21.2 Å². The largest absolute Gasteiger partial charge is 0.387 e. The van der Waals surface area contributed by atoms with Gasteiger partial charge in [0, 0.05) is 19.9 Å². The number of amidine groups is 1. The van der Waals surface area contributed by atoms with Crippen molar-refractivity contribution in [2.75, 3.05) is 7.05 Å². The Bertz CT molecular complexity index is 1390. The fourth-order valence-corrected chi connectivity index (χ4v) is 4.42. The summed E-state index contributed by atoms with van der Waals surface area (Å²) in [5.41, 5.74) is 7.86. The lowest BCUT2D eigenvalue weighted by Gasteiger charge is -2.26. The van der Waals surface area contributed by atoms with Gasteiger partial charge in [0.2, 0.25) is 5.91 Å². The highest BCUT2D eigenvalue weighted by molar-refractivity contribution is 5.97. The van der Waals surface area contributed by atoms with Crippen LogP contribution in [0.1, 0.15) is 30.9 Å². The van der Waals surface area contributed by atoms with Crippen LogP contribution >= 0.6 is 0 Å². The standard InChI is InChI=1S/C30H31N3O2/c1-21(31)32-30(35)28(20-23-15-17-25-10-4-6-12-27(25)19-23)33(2)29(34)13-7-8-22-14-16-24-9-3-5-11-26(24)18-22/h3-6,9-12,14-19,28H,7-8,13,20H2,1-2H3,(H2,31,32,35)/t28-/m1/s1. The summed E-state index contributed by atoms with van der Waals surface area (Å²) in [5, 5.41) is 4.63. The average molecular weight is 466 g/mol. The summed E-state index contributed by atoms with van der Waals surface area (Å²) < 4.78 is 0. The molecule has 4 aromatic rings. The Morgan fingerprint density at radius 3 is 1.97 bits per heavy atom. The summed E-state index contributed by atoms with van der Waals surface area (Å²) in [6, 6.07) is 28.1. The number of fused-ring (bicyclic) bond motifs is 2. The van der Waals surface area contributed by atoms with Crippen molar-refractivity contribution in [3.63, 3.8) is 0 Å². The van der Waals surface area contributed by atoms with E-state index in [1.807, 2.05) is 42.5 Å². The van der Waals surface area contributed by atoms with E-state index in [0.717, 1.165) is 22.8 Å². The lowest BCUT2D eigenvalue weighted by Crippen LogP contribution is -2.43. The second-order valence-electron chi connectivity index (χ2n) is 9.03. The number of hydrogen-bond acceptors (Lipinski definition) is 2. The topological polar surface area (TPSA) is 75.8 Å². The van der Waals surface area contributed by atoms with Crippen LogP contribution in [0.3, 0.4) is 0 Å². The van der Waals surface area contributed by atoms with Crippen molar-refractivity contribution in [2.45, 2.75) is 38.6 Å². The minimum Gasteiger partial charge on any atom is -0.387 e. The molecule has 0 aromatic heterocycles. The summed E-state index contributed by atoms with van der Waals surface area (Å²) in [7, 11) is 1.68. The van der Waals surface area contributed by atoms with Crippen LogP contribution in [0.5, 0.6) is 0 Å². The number of rotatable bonds is 8. The minimum atomic E-state index is -0.706. The normalized spacial score (nSPS) is 12.6. The Labute approximate surface area is 206 Å². The van der Waals surface area contributed by atoms with Crippen LogP contribution in [-0.2, 0) is 22.4 Å². The minimum absolute atomic E-state index is 0.0743. The lowest BCUT2D eigenvalue weighted by molar-refractivity contribution is -0.137. The van der Waals surface area contributed by atoms with Crippen LogP contribution in [0.25, 0.3) is 21.5 Å². The molecule has 0 bridgehead atoms. The fraction of sp³-hybridized carbons (Fsp3) is 0.233. The number of aliphatic imine (C=N–C) groups is 1. The summed E-state index contributed by atoms with van der Waals surface area (Å²) in [6.07, 6.45) is 2.24. The number of carbonyl (C=O) groups excluding carboxylic acids is 2. The molecule has 1 atom stereocenters. The molecule has 5 heteroatoms. The number of aryl methyl sites for hydroxylation is 1. The Kier molecular flexibility index (Phi) is 7.56. The first kappa shape index (κ1) is 24.1. The van der Waals surface area contributed by atoms with E-state index in [1.54, 1.807) is 14.0 Å². The molecule has 0 aliphatic rings. The smallest absolute Gasteiger partial charge is 0.270 e. The van der Waals surface area contributed by atoms with E-state index >= 15 is 0 Å². The van der Waals surface area contributed by atoms with E-state index in [9.17, 15) is 9.59 Å². The van der Waals surface area contributed by atoms with E-state index in [-0.39, 0.29) is 11.7 Å². The second-order valence-corrected chi connectivity index (χ2v) is 9.03. The molecule has 4 aromatic carbocycles. The number of likely N-dealkylation sites (N-methyl/N-ethyl adjacent to an activating group) is 1. The molecule has 178 valence electrons. The number of carbonyl (C=O) groups is 2. The molecule has 0 aliphatic carbocycles. The van der Waals surface area contributed by atoms with Crippen LogP contribution in [0.15, 0.2) is 89.9 Å². The van der Waals surface area contributed by atoms with Gasteiger partial charge in [-0.15, -0.1) is 0 Å². The molecule has 0 saturated carbocycles. The van der Waals surface area contributed by atoms with Gasteiger partial charge in [-0.25, -0.2) is 0 Å². The van der Waals surface area contributed by atoms with Gasteiger partial charge in [-0.2, -0.15) is 4.99 Å². The van der Waals surface area contributed by atoms with Gasteiger partial charge in [0.05, 0.1) is 5.84 Å². The first-order valence-corrected chi connectivity index (χ1v) is 12.0. The summed E-state index contributed by atoms with van der Waals surface area (Å²) in [5.74, 6) is -0.283. The zero-order valence-electron chi connectivity index (χ0n) is 20.3. The second kappa shape index (κ2) is 11.0. The summed E-state index contributed by atoms with van der Waals surface area (Å²) in [4.78, 5) is 31.5. The van der Waals surface area contributed by atoms with Crippen molar-refractivity contribution in [3.05, 3.63) is 96.1 Å². The molecular weight excluding hydrogens is 434 g/mol. The first-order valence-electron chi connectivity index (χ1n) is 12.0. The molecule has 2 amide bonds. The Hall–Kier alpha value is -3.99. The van der Waals surface area contributed by atoms with Gasteiger partial charge < -0.3 is 10.6 Å². The van der Waals surface area contributed by atoms with Crippen LogP contribution < -0.4 is 5.73 Å². The number of amides is 2. The van der Waals surface area contributed by atoms with Crippen molar-refractivity contribution in [1.29, 1.82) is 0 Å². The third-order valence-electron chi connectivity index (χ3n) is 6.35. The van der Waals surface area contributed by atoms with Crippen LogP contribution in [0.2, 0.25) is 0 Å². The highest BCUT2D eigenvalue weighted by Gasteiger charge is 2.27. The van der Waals surface area contributed by atoms with E-state index < -0.39 is 11.9 Å². The van der Waals surface area contributed by atoms with Crippen molar-refractivity contribution < 1.29 is 9.59 Å². The Morgan fingerprint density at radius 1 is 0.829 bits per heavy atom. The molecule has 0 saturated heterocycles. The fourth-order valence-electron chi connectivity index (χ4n) is 4.42. The van der Waals surface area contributed by atoms with E-state index in [2.05, 4.69) is 47.5 Å². The maximum absolute atomic E-state index is 13.1. The van der Waals surface area contributed by atoms with Crippen molar-refractivity contribution in [2.24, 2.45) is 10.7 Å². The number of nitrogens with two attached hydrogens (primary N) is 1. The molecule has 0 radical (unpaired) electrons. The van der Waals surface area contributed by atoms with Gasteiger partial charge in [0.1, 0.15) is 6.04 Å². The molecule has 0 aliphatic heterocycles. The summed E-state index contributed by atoms with van der Waals surface area (Å²) in [6.45, 7) is 1.58. The van der Waals surface area contributed by atoms with Crippen LogP contribution in [-0.4, -0.2) is 35.6 Å². The van der Waals surface area contributed by atoms with Gasteiger partial charge in [0.25, 0.3) is 5.91 Å². The van der Waals surface area contributed by atoms with Crippen LogP contribution in [0, 0.1) is 0 Å². The predicted molar refractivity (Wildman–Crippen MR) is 143 cm³/mol. The lowest BCUT2D eigenvalue weighted by atomic mass is 9.99. The monoisotopic (exact) mass is 465 g/mol. The van der Waals surface area contributed by atoms with Gasteiger partial charge in [0.15, 0.2) is 0 Å². The Balaban J connectivity index is 1.44. The number of benzene rings is 4. The van der Waals surface area contributed by atoms with Gasteiger partial charge in [-0.1, -0.05) is 84.9 Å². The van der Waals surface area contributed by atoms with Gasteiger partial charge >= 0.3 is 0 Å². The number of hydrogen-bond donors (Lipinski definition) is 1.